The number of benzene rings is 3. The van der Waals surface area contributed by atoms with Gasteiger partial charge in [0.05, 0.1) is 6.61 Å². The van der Waals surface area contributed by atoms with Gasteiger partial charge < -0.3 is 10.1 Å². The minimum Gasteiger partial charge on any atom is -0.493 e. The summed E-state index contributed by atoms with van der Waals surface area (Å²) in [6.07, 6.45) is 0.611. The number of hydrogen-bond acceptors (Lipinski definition) is 3. The third-order valence-electron chi connectivity index (χ3n) is 6.51. The lowest BCUT2D eigenvalue weighted by Gasteiger charge is -2.18. The number of nitrogens with zero attached hydrogens (tertiary/aromatic N) is 1. The van der Waals surface area contributed by atoms with Crippen LogP contribution in [0.15, 0.2) is 72.8 Å². The van der Waals surface area contributed by atoms with Gasteiger partial charge in [0.1, 0.15) is 11.6 Å². The molecule has 2 heterocycles. The van der Waals surface area contributed by atoms with E-state index >= 15 is 0 Å². The lowest BCUT2D eigenvalue weighted by molar-refractivity contribution is 0.0950. The summed E-state index contributed by atoms with van der Waals surface area (Å²) in [5.41, 5.74) is 4.03. The Morgan fingerprint density at radius 1 is 0.969 bits per heavy atom. The molecule has 3 aromatic carbocycles. The van der Waals surface area contributed by atoms with Crippen molar-refractivity contribution >= 4 is 5.91 Å². The number of ether oxygens (including phenoxy) is 1. The monoisotopic (exact) mass is 430 g/mol. The van der Waals surface area contributed by atoms with E-state index in [1.165, 1.54) is 17.7 Å². The summed E-state index contributed by atoms with van der Waals surface area (Å²) in [7, 11) is 0. The summed E-state index contributed by atoms with van der Waals surface area (Å²) >= 11 is 0. The Balaban J connectivity index is 1.28. The van der Waals surface area contributed by atoms with Gasteiger partial charge in [-0.05, 0) is 46.9 Å². The molecule has 32 heavy (non-hydrogen) atoms. The van der Waals surface area contributed by atoms with Crippen LogP contribution in [0, 0.1) is 11.7 Å². The van der Waals surface area contributed by atoms with Crippen LogP contribution in [-0.4, -0.2) is 37.0 Å². The van der Waals surface area contributed by atoms with E-state index in [0.29, 0.717) is 42.7 Å². The highest BCUT2D eigenvalue weighted by Gasteiger charge is 2.38. The highest BCUT2D eigenvalue weighted by Crippen LogP contribution is 2.37. The van der Waals surface area contributed by atoms with Crippen molar-refractivity contribution in [2.75, 3.05) is 26.2 Å². The fourth-order valence-corrected chi connectivity index (χ4v) is 4.93. The van der Waals surface area contributed by atoms with Gasteiger partial charge in [0.25, 0.3) is 5.91 Å². The first-order valence-electron chi connectivity index (χ1n) is 11.2. The third kappa shape index (κ3) is 4.53. The molecule has 1 saturated heterocycles. The molecule has 0 spiro atoms. The number of likely N-dealkylation sites (tertiary alicyclic amines) is 1. The summed E-state index contributed by atoms with van der Waals surface area (Å²) in [6, 6.07) is 23.0. The maximum absolute atomic E-state index is 13.4. The Labute approximate surface area is 188 Å². The Morgan fingerprint density at radius 3 is 2.66 bits per heavy atom. The number of rotatable bonds is 6. The Hall–Kier alpha value is -3.18. The number of hydrogen-bond donors (Lipinski definition) is 1. The molecule has 3 aromatic rings. The third-order valence-corrected chi connectivity index (χ3v) is 6.51. The largest absolute Gasteiger partial charge is 0.493 e. The molecular formula is C27H27FN2O2. The zero-order valence-electron chi connectivity index (χ0n) is 18.0. The van der Waals surface area contributed by atoms with E-state index in [2.05, 4.69) is 40.5 Å². The SMILES string of the molecule is O=C1NC[C@@H]2CN(Cc3ccccc3)C[C@H]2c2ccc(OCCc3cccc(F)c3)cc21. The number of fused-ring (bicyclic) bond motifs is 3. The van der Waals surface area contributed by atoms with Crippen LogP contribution >= 0.6 is 0 Å². The van der Waals surface area contributed by atoms with E-state index in [4.69, 9.17) is 4.74 Å². The van der Waals surface area contributed by atoms with Crippen LogP contribution in [0.3, 0.4) is 0 Å². The zero-order chi connectivity index (χ0) is 21.9. The summed E-state index contributed by atoms with van der Waals surface area (Å²) in [5.74, 6) is 1.14. The van der Waals surface area contributed by atoms with Crippen molar-refractivity contribution in [3.63, 3.8) is 0 Å². The van der Waals surface area contributed by atoms with E-state index in [1.807, 2.05) is 24.3 Å². The number of amides is 1. The standard InChI is InChI=1S/C27H27FN2O2/c28-22-8-4-7-19(13-22)11-12-32-23-9-10-24-25(14-23)27(31)29-15-21-17-30(18-26(21)24)16-20-5-2-1-3-6-20/h1-10,13-14,21,26H,11-12,15-18H2,(H,29,31)/t21-,26-/m1/s1. The van der Waals surface area contributed by atoms with Crippen LogP contribution in [0.1, 0.15) is 33.0 Å². The fourth-order valence-electron chi connectivity index (χ4n) is 4.93. The van der Waals surface area contributed by atoms with E-state index in [0.717, 1.165) is 30.8 Å². The smallest absolute Gasteiger partial charge is 0.251 e. The summed E-state index contributed by atoms with van der Waals surface area (Å²) in [6.45, 7) is 3.98. The molecule has 2 aliphatic rings. The molecule has 0 aliphatic carbocycles. The van der Waals surface area contributed by atoms with Gasteiger partial charge in [-0.15, -0.1) is 0 Å². The maximum atomic E-state index is 13.4. The lowest BCUT2D eigenvalue weighted by Crippen LogP contribution is -2.29. The second-order valence-electron chi connectivity index (χ2n) is 8.73. The normalized spacial score (nSPS) is 20.2. The van der Waals surface area contributed by atoms with Gasteiger partial charge in [-0.1, -0.05) is 48.5 Å². The molecule has 2 atom stereocenters. The quantitative estimate of drug-likeness (QED) is 0.630. The average molecular weight is 431 g/mol. The minimum absolute atomic E-state index is 0.0282. The first kappa shape index (κ1) is 20.7. The molecule has 0 saturated carbocycles. The number of carbonyl (C=O) groups is 1. The predicted octanol–water partition coefficient (Wildman–Crippen LogP) is 4.41. The number of carbonyl (C=O) groups excluding carboxylic acids is 1. The maximum Gasteiger partial charge on any atom is 0.251 e. The van der Waals surface area contributed by atoms with Gasteiger partial charge in [0.2, 0.25) is 0 Å². The molecule has 5 rings (SSSR count). The van der Waals surface area contributed by atoms with Crippen molar-refractivity contribution in [3.05, 3.63) is 101 Å². The van der Waals surface area contributed by atoms with E-state index in [9.17, 15) is 9.18 Å². The molecule has 0 aromatic heterocycles. The summed E-state index contributed by atoms with van der Waals surface area (Å²) in [4.78, 5) is 15.3. The first-order chi connectivity index (χ1) is 15.7. The van der Waals surface area contributed by atoms with Gasteiger partial charge in [-0.2, -0.15) is 0 Å². The molecule has 0 radical (unpaired) electrons. The van der Waals surface area contributed by atoms with Gasteiger partial charge in [-0.3, -0.25) is 9.69 Å². The average Bonchev–Trinajstić information content (AvgIpc) is 3.15. The van der Waals surface area contributed by atoms with Crippen LogP contribution < -0.4 is 10.1 Å². The molecule has 2 aliphatic heterocycles. The van der Waals surface area contributed by atoms with Crippen molar-refractivity contribution in [3.8, 4) is 5.75 Å². The predicted molar refractivity (Wildman–Crippen MR) is 122 cm³/mol. The van der Waals surface area contributed by atoms with E-state index < -0.39 is 0 Å². The molecule has 0 unspecified atom stereocenters. The van der Waals surface area contributed by atoms with Crippen LogP contribution in [0.4, 0.5) is 4.39 Å². The molecule has 1 N–H and O–H groups in total. The van der Waals surface area contributed by atoms with Gasteiger partial charge in [-0.25, -0.2) is 4.39 Å². The molecule has 0 bridgehead atoms. The van der Waals surface area contributed by atoms with Crippen LogP contribution in [-0.2, 0) is 13.0 Å². The van der Waals surface area contributed by atoms with Crippen LogP contribution in [0.2, 0.25) is 0 Å². The molecule has 4 nitrogen and oxygen atoms in total. The first-order valence-corrected chi connectivity index (χ1v) is 11.2. The highest BCUT2D eigenvalue weighted by molar-refractivity contribution is 5.96. The lowest BCUT2D eigenvalue weighted by atomic mass is 9.87. The summed E-state index contributed by atoms with van der Waals surface area (Å²) < 4.78 is 19.3. The number of halogens is 1. The Kier molecular flexibility index (Phi) is 5.91. The number of nitrogens with one attached hydrogen (secondary N) is 1. The van der Waals surface area contributed by atoms with Gasteiger partial charge >= 0.3 is 0 Å². The molecular weight excluding hydrogens is 403 g/mol. The zero-order valence-corrected chi connectivity index (χ0v) is 18.0. The second-order valence-corrected chi connectivity index (χ2v) is 8.73. The molecule has 1 amide bonds. The topological polar surface area (TPSA) is 41.6 Å². The van der Waals surface area contributed by atoms with Crippen molar-refractivity contribution < 1.29 is 13.9 Å². The molecule has 5 heteroatoms. The van der Waals surface area contributed by atoms with Crippen LogP contribution in [0.5, 0.6) is 5.75 Å². The second kappa shape index (κ2) is 9.13. The van der Waals surface area contributed by atoms with E-state index in [1.54, 1.807) is 6.07 Å². The Morgan fingerprint density at radius 2 is 1.81 bits per heavy atom. The van der Waals surface area contributed by atoms with E-state index in [-0.39, 0.29) is 11.7 Å². The van der Waals surface area contributed by atoms with Crippen molar-refractivity contribution in [2.45, 2.75) is 18.9 Å². The van der Waals surface area contributed by atoms with Gasteiger partial charge in [0.15, 0.2) is 0 Å². The van der Waals surface area contributed by atoms with Crippen molar-refractivity contribution in [1.82, 2.24) is 10.2 Å². The van der Waals surface area contributed by atoms with Crippen molar-refractivity contribution in [2.24, 2.45) is 5.92 Å². The molecule has 164 valence electrons. The van der Waals surface area contributed by atoms with Crippen LogP contribution in [0.25, 0.3) is 0 Å². The fraction of sp³-hybridized carbons (Fsp3) is 0.296. The summed E-state index contributed by atoms with van der Waals surface area (Å²) in [5, 5.41) is 3.11. The Bertz CT molecular complexity index is 1100. The van der Waals surface area contributed by atoms with Gasteiger partial charge in [0, 0.05) is 44.1 Å². The minimum atomic E-state index is -0.239. The highest BCUT2D eigenvalue weighted by atomic mass is 19.1. The molecule has 1 fully saturated rings. The van der Waals surface area contributed by atoms with Crippen molar-refractivity contribution in [1.29, 1.82) is 0 Å².